The van der Waals surface area contributed by atoms with Crippen LogP contribution in [0.4, 0.5) is 0 Å². The summed E-state index contributed by atoms with van der Waals surface area (Å²) < 4.78 is 7.43. The molecule has 1 saturated heterocycles. The van der Waals surface area contributed by atoms with Crippen molar-refractivity contribution in [2.24, 2.45) is 0 Å². The van der Waals surface area contributed by atoms with Crippen molar-refractivity contribution in [3.05, 3.63) is 47.3 Å². The number of amides is 1. The SMILES string of the molecule is CCCOc1cccc(CC(=O)N2CCC(n3ncc(C(=O)O)c3C)CC2)c1. The van der Waals surface area contributed by atoms with Crippen LogP contribution in [0.5, 0.6) is 5.75 Å². The Morgan fingerprint density at radius 1 is 1.29 bits per heavy atom. The van der Waals surface area contributed by atoms with Gasteiger partial charge in [-0.2, -0.15) is 5.10 Å². The molecule has 150 valence electrons. The maximum atomic E-state index is 12.7. The van der Waals surface area contributed by atoms with Crippen molar-refractivity contribution >= 4 is 11.9 Å². The minimum atomic E-state index is -0.957. The molecule has 28 heavy (non-hydrogen) atoms. The molecule has 1 aliphatic heterocycles. The molecule has 0 spiro atoms. The van der Waals surface area contributed by atoms with Crippen molar-refractivity contribution in [1.29, 1.82) is 0 Å². The predicted octanol–water partition coefficient (Wildman–Crippen LogP) is 3.08. The summed E-state index contributed by atoms with van der Waals surface area (Å²) in [6.45, 7) is 5.81. The molecule has 7 nitrogen and oxygen atoms in total. The normalized spacial score (nSPS) is 14.9. The van der Waals surface area contributed by atoms with Crippen LogP contribution < -0.4 is 4.74 Å². The predicted molar refractivity (Wildman–Crippen MR) is 105 cm³/mol. The molecule has 0 radical (unpaired) electrons. The fourth-order valence-corrected chi connectivity index (χ4v) is 3.61. The van der Waals surface area contributed by atoms with Crippen molar-refractivity contribution in [1.82, 2.24) is 14.7 Å². The smallest absolute Gasteiger partial charge is 0.339 e. The van der Waals surface area contributed by atoms with Crippen LogP contribution in [0.3, 0.4) is 0 Å². The van der Waals surface area contributed by atoms with Crippen molar-refractivity contribution in [2.45, 2.75) is 45.6 Å². The Balaban J connectivity index is 1.56. The number of likely N-dealkylation sites (tertiary alicyclic amines) is 1. The molecule has 0 aliphatic carbocycles. The number of ether oxygens (including phenoxy) is 1. The highest BCUT2D eigenvalue weighted by Gasteiger charge is 2.26. The number of rotatable bonds is 7. The van der Waals surface area contributed by atoms with Gasteiger partial charge in [-0.05, 0) is 43.9 Å². The molecule has 1 aromatic carbocycles. The van der Waals surface area contributed by atoms with E-state index in [1.165, 1.54) is 6.20 Å². The van der Waals surface area contributed by atoms with Gasteiger partial charge in [0.25, 0.3) is 0 Å². The summed E-state index contributed by atoms with van der Waals surface area (Å²) in [6, 6.07) is 7.83. The van der Waals surface area contributed by atoms with E-state index in [0.717, 1.165) is 30.6 Å². The van der Waals surface area contributed by atoms with Crippen LogP contribution in [-0.2, 0) is 11.2 Å². The molecule has 1 N–H and O–H groups in total. The number of aromatic nitrogens is 2. The van der Waals surface area contributed by atoms with Gasteiger partial charge in [-0.3, -0.25) is 9.48 Å². The quantitative estimate of drug-likeness (QED) is 0.792. The Kier molecular flexibility index (Phi) is 6.34. The fourth-order valence-electron chi connectivity index (χ4n) is 3.61. The van der Waals surface area contributed by atoms with E-state index in [9.17, 15) is 14.7 Å². The lowest BCUT2D eigenvalue weighted by atomic mass is 10.0. The van der Waals surface area contributed by atoms with Gasteiger partial charge in [0.2, 0.25) is 5.91 Å². The van der Waals surface area contributed by atoms with Crippen LogP contribution in [0, 0.1) is 6.92 Å². The Labute approximate surface area is 164 Å². The number of benzene rings is 1. The summed E-state index contributed by atoms with van der Waals surface area (Å²) in [7, 11) is 0. The Hall–Kier alpha value is -2.83. The van der Waals surface area contributed by atoms with Crippen molar-refractivity contribution in [2.75, 3.05) is 19.7 Å². The second kappa shape index (κ2) is 8.91. The Bertz CT molecular complexity index is 838. The number of carbonyl (C=O) groups is 2. The number of carbonyl (C=O) groups excluding carboxylic acids is 1. The topological polar surface area (TPSA) is 84.7 Å². The summed E-state index contributed by atoms with van der Waals surface area (Å²) in [6.07, 6.45) is 4.25. The van der Waals surface area contributed by atoms with E-state index in [-0.39, 0.29) is 17.5 Å². The number of piperidine rings is 1. The Morgan fingerprint density at radius 3 is 2.68 bits per heavy atom. The zero-order chi connectivity index (χ0) is 20.1. The third-order valence-corrected chi connectivity index (χ3v) is 5.16. The standard InChI is InChI=1S/C21H27N3O4/c1-3-11-28-18-6-4-5-16(12-18)13-20(25)23-9-7-17(8-10-23)24-15(2)19(14-22-24)21(26)27/h4-6,12,14,17H,3,7-11,13H2,1-2H3,(H,26,27). The number of hydrogen-bond donors (Lipinski definition) is 1. The maximum Gasteiger partial charge on any atom is 0.339 e. The van der Waals surface area contributed by atoms with E-state index in [0.29, 0.717) is 31.8 Å². The third-order valence-electron chi connectivity index (χ3n) is 5.16. The van der Waals surface area contributed by atoms with Crippen molar-refractivity contribution in [3.8, 4) is 5.75 Å². The van der Waals surface area contributed by atoms with Gasteiger partial charge in [-0.15, -0.1) is 0 Å². The summed E-state index contributed by atoms with van der Waals surface area (Å²) in [5.74, 6) is -0.0507. The lowest BCUT2D eigenvalue weighted by Crippen LogP contribution is -2.40. The third kappa shape index (κ3) is 4.52. The number of aromatic carboxylic acids is 1. The van der Waals surface area contributed by atoms with Crippen LogP contribution in [0.1, 0.15) is 53.8 Å². The molecule has 0 bridgehead atoms. The molecule has 1 aromatic heterocycles. The molecule has 7 heteroatoms. The largest absolute Gasteiger partial charge is 0.494 e. The van der Waals surface area contributed by atoms with Gasteiger partial charge >= 0.3 is 5.97 Å². The number of nitrogens with zero attached hydrogens (tertiary/aromatic N) is 3. The molecule has 0 atom stereocenters. The van der Waals surface area contributed by atoms with Gasteiger partial charge in [0.05, 0.1) is 31.0 Å². The lowest BCUT2D eigenvalue weighted by Gasteiger charge is -2.32. The molecule has 2 heterocycles. The fraction of sp³-hybridized carbons (Fsp3) is 0.476. The first-order valence-electron chi connectivity index (χ1n) is 9.76. The van der Waals surface area contributed by atoms with Gasteiger partial charge < -0.3 is 14.7 Å². The van der Waals surface area contributed by atoms with Crippen LogP contribution in [0.25, 0.3) is 0 Å². The highest BCUT2D eigenvalue weighted by molar-refractivity contribution is 5.88. The van der Waals surface area contributed by atoms with E-state index < -0.39 is 5.97 Å². The van der Waals surface area contributed by atoms with E-state index >= 15 is 0 Å². The zero-order valence-corrected chi connectivity index (χ0v) is 16.4. The molecular formula is C21H27N3O4. The van der Waals surface area contributed by atoms with Crippen LogP contribution >= 0.6 is 0 Å². The van der Waals surface area contributed by atoms with Gasteiger partial charge in [-0.25, -0.2) is 4.79 Å². The van der Waals surface area contributed by atoms with Crippen LogP contribution in [0.15, 0.2) is 30.5 Å². The Morgan fingerprint density at radius 2 is 2.04 bits per heavy atom. The van der Waals surface area contributed by atoms with Gasteiger partial charge in [-0.1, -0.05) is 19.1 Å². The first kappa shape index (κ1) is 19.9. The number of carboxylic acids is 1. The average Bonchev–Trinajstić information content (AvgIpc) is 3.08. The lowest BCUT2D eigenvalue weighted by molar-refractivity contribution is -0.131. The molecule has 1 amide bonds. The summed E-state index contributed by atoms with van der Waals surface area (Å²) in [4.78, 5) is 25.8. The van der Waals surface area contributed by atoms with Gasteiger partial charge in [0, 0.05) is 13.1 Å². The average molecular weight is 385 g/mol. The monoisotopic (exact) mass is 385 g/mol. The van der Waals surface area contributed by atoms with E-state index in [2.05, 4.69) is 12.0 Å². The minimum Gasteiger partial charge on any atom is -0.494 e. The molecular weight excluding hydrogens is 358 g/mol. The van der Waals surface area contributed by atoms with Gasteiger partial charge in [0.1, 0.15) is 11.3 Å². The summed E-state index contributed by atoms with van der Waals surface area (Å²) >= 11 is 0. The number of hydrogen-bond acceptors (Lipinski definition) is 4. The van der Waals surface area contributed by atoms with Crippen LogP contribution in [-0.4, -0.2) is 51.4 Å². The van der Waals surface area contributed by atoms with Crippen molar-refractivity contribution < 1.29 is 19.4 Å². The minimum absolute atomic E-state index is 0.106. The van der Waals surface area contributed by atoms with Crippen molar-refractivity contribution in [3.63, 3.8) is 0 Å². The highest BCUT2D eigenvalue weighted by atomic mass is 16.5. The molecule has 2 aromatic rings. The second-order valence-corrected chi connectivity index (χ2v) is 7.18. The molecule has 3 rings (SSSR count). The van der Waals surface area contributed by atoms with Gasteiger partial charge in [0.15, 0.2) is 0 Å². The molecule has 1 fully saturated rings. The molecule has 0 unspecified atom stereocenters. The first-order chi connectivity index (χ1) is 13.5. The highest BCUT2D eigenvalue weighted by Crippen LogP contribution is 2.25. The molecule has 1 aliphatic rings. The summed E-state index contributed by atoms with van der Waals surface area (Å²) in [5.41, 5.74) is 1.86. The summed E-state index contributed by atoms with van der Waals surface area (Å²) in [5, 5.41) is 13.4. The first-order valence-corrected chi connectivity index (χ1v) is 9.76. The van der Waals surface area contributed by atoms with E-state index in [1.54, 1.807) is 11.6 Å². The second-order valence-electron chi connectivity index (χ2n) is 7.18. The van der Waals surface area contributed by atoms with Crippen LogP contribution in [0.2, 0.25) is 0 Å². The zero-order valence-electron chi connectivity index (χ0n) is 16.4. The van der Waals surface area contributed by atoms with E-state index in [1.807, 2.05) is 29.2 Å². The van der Waals surface area contributed by atoms with E-state index in [4.69, 9.17) is 4.74 Å². The molecule has 0 saturated carbocycles. The maximum absolute atomic E-state index is 12.7. The number of carboxylic acid groups (broad SMARTS) is 1.